The summed E-state index contributed by atoms with van der Waals surface area (Å²) in [6.45, 7) is 20.0. The Morgan fingerprint density at radius 2 is 1.71 bits per heavy atom. The Labute approximate surface area is 146 Å². The maximum absolute atomic E-state index is 13.0. The van der Waals surface area contributed by atoms with Gasteiger partial charge in [0, 0.05) is 24.0 Å². The highest BCUT2D eigenvalue weighted by Crippen LogP contribution is 2.49. The normalized spacial score (nSPS) is 27.8. The molecule has 0 aromatic carbocycles. The summed E-state index contributed by atoms with van der Waals surface area (Å²) < 4.78 is 5.50. The Hall–Kier alpha value is -1.52. The van der Waals surface area contributed by atoms with Crippen molar-refractivity contribution in [3.8, 4) is 0 Å². The molecule has 1 aliphatic rings. The van der Waals surface area contributed by atoms with Crippen molar-refractivity contribution in [3.05, 3.63) is 12.7 Å². The molecule has 2 amide bonds. The average molecular weight is 338 g/mol. The van der Waals surface area contributed by atoms with E-state index in [-0.39, 0.29) is 23.0 Å². The molecule has 24 heavy (non-hydrogen) atoms. The van der Waals surface area contributed by atoms with Crippen molar-refractivity contribution in [2.24, 2.45) is 10.8 Å². The van der Waals surface area contributed by atoms with E-state index in [1.165, 1.54) is 0 Å². The number of ether oxygens (including phenoxy) is 1. The van der Waals surface area contributed by atoms with Crippen molar-refractivity contribution in [1.29, 1.82) is 0 Å². The molecule has 5 nitrogen and oxygen atoms in total. The molecule has 1 saturated heterocycles. The average Bonchev–Trinajstić information content (AvgIpc) is 2.59. The van der Waals surface area contributed by atoms with Gasteiger partial charge >= 0.3 is 6.09 Å². The quantitative estimate of drug-likeness (QED) is 0.798. The smallest absolute Gasteiger partial charge is 0.410 e. The maximum Gasteiger partial charge on any atom is 0.410 e. The lowest BCUT2D eigenvalue weighted by molar-refractivity contribution is -0.135. The molecular formula is C19H34N2O3. The minimum absolute atomic E-state index is 0.0367. The number of hydrogen-bond acceptors (Lipinski definition) is 3. The predicted molar refractivity (Wildman–Crippen MR) is 96.7 cm³/mol. The Morgan fingerprint density at radius 3 is 2.12 bits per heavy atom. The highest BCUT2D eigenvalue weighted by Gasteiger charge is 2.57. The molecule has 0 radical (unpaired) electrons. The first kappa shape index (κ1) is 20.5. The van der Waals surface area contributed by atoms with Crippen molar-refractivity contribution in [2.75, 3.05) is 13.1 Å². The minimum atomic E-state index is -0.703. The molecule has 1 aliphatic heterocycles. The van der Waals surface area contributed by atoms with Gasteiger partial charge in [-0.25, -0.2) is 4.79 Å². The summed E-state index contributed by atoms with van der Waals surface area (Å²) >= 11 is 0. The van der Waals surface area contributed by atoms with E-state index in [4.69, 9.17) is 4.74 Å². The monoisotopic (exact) mass is 338 g/mol. The van der Waals surface area contributed by atoms with Crippen molar-refractivity contribution in [2.45, 2.75) is 73.0 Å². The molecule has 0 aliphatic carbocycles. The van der Waals surface area contributed by atoms with Crippen LogP contribution < -0.4 is 5.32 Å². The Balaban J connectivity index is 3.10. The summed E-state index contributed by atoms with van der Waals surface area (Å²) in [7, 11) is 0. The molecule has 1 heterocycles. The van der Waals surface area contributed by atoms with E-state index >= 15 is 0 Å². The number of nitrogens with zero attached hydrogens (tertiary/aromatic N) is 1. The van der Waals surface area contributed by atoms with Crippen LogP contribution in [0.4, 0.5) is 4.79 Å². The SMILES string of the molecule is C=CC[C@@]1(C)CN(C(=O)OC(C)(C)C)C[C@@]1(C)C(=O)NC(C)(C)C. The van der Waals surface area contributed by atoms with Gasteiger partial charge < -0.3 is 15.0 Å². The van der Waals surface area contributed by atoms with E-state index in [0.717, 1.165) is 0 Å². The number of nitrogens with one attached hydrogen (secondary N) is 1. The van der Waals surface area contributed by atoms with Crippen molar-refractivity contribution >= 4 is 12.0 Å². The molecule has 1 rings (SSSR count). The number of likely N-dealkylation sites (tertiary alicyclic amines) is 1. The van der Waals surface area contributed by atoms with Crippen LogP contribution in [0.15, 0.2) is 12.7 Å². The Bertz CT molecular complexity index is 516. The van der Waals surface area contributed by atoms with Gasteiger partial charge in [0.2, 0.25) is 5.91 Å². The zero-order chi connectivity index (χ0) is 19.0. The fourth-order valence-electron chi connectivity index (χ4n) is 3.11. The number of rotatable bonds is 3. The second kappa shape index (κ2) is 6.41. The molecule has 1 N–H and O–H groups in total. The van der Waals surface area contributed by atoms with Gasteiger partial charge in [0.15, 0.2) is 0 Å². The van der Waals surface area contributed by atoms with E-state index in [1.54, 1.807) is 4.90 Å². The number of carbonyl (C=O) groups excluding carboxylic acids is 2. The number of hydrogen-bond donors (Lipinski definition) is 1. The summed E-state index contributed by atoms with van der Waals surface area (Å²) in [5.41, 5.74) is -1.97. The lowest BCUT2D eigenvalue weighted by Crippen LogP contribution is -2.54. The molecule has 0 aromatic rings. The molecule has 0 aromatic heterocycles. The van der Waals surface area contributed by atoms with Gasteiger partial charge in [0.05, 0.1) is 5.41 Å². The predicted octanol–water partition coefficient (Wildman–Crippen LogP) is 3.74. The summed E-state index contributed by atoms with van der Waals surface area (Å²) in [4.78, 5) is 27.1. The number of allylic oxidation sites excluding steroid dienone is 1. The number of carbonyl (C=O) groups is 2. The Kier molecular flexibility index (Phi) is 5.48. The first-order chi connectivity index (χ1) is 10.6. The van der Waals surface area contributed by atoms with Crippen LogP contribution in [0.5, 0.6) is 0 Å². The second-order valence-corrected chi connectivity index (χ2v) is 9.43. The van der Waals surface area contributed by atoms with Crippen molar-refractivity contribution in [3.63, 3.8) is 0 Å². The van der Waals surface area contributed by atoms with Crippen LogP contribution in [-0.4, -0.2) is 41.1 Å². The van der Waals surface area contributed by atoms with E-state index in [0.29, 0.717) is 19.5 Å². The van der Waals surface area contributed by atoms with E-state index in [1.807, 2.05) is 61.5 Å². The van der Waals surface area contributed by atoms with Crippen molar-refractivity contribution in [1.82, 2.24) is 10.2 Å². The summed E-state index contributed by atoms with van der Waals surface area (Å²) in [6, 6.07) is 0. The zero-order valence-corrected chi connectivity index (χ0v) is 16.6. The molecule has 1 fully saturated rings. The first-order valence-corrected chi connectivity index (χ1v) is 8.55. The zero-order valence-electron chi connectivity index (χ0n) is 16.6. The van der Waals surface area contributed by atoms with Crippen LogP contribution in [0.1, 0.15) is 61.8 Å². The third kappa shape index (κ3) is 4.52. The lowest BCUT2D eigenvalue weighted by atomic mass is 9.65. The fourth-order valence-corrected chi connectivity index (χ4v) is 3.11. The number of amides is 2. The highest BCUT2D eigenvalue weighted by molar-refractivity contribution is 5.85. The van der Waals surface area contributed by atoms with Gasteiger partial charge in [-0.1, -0.05) is 13.0 Å². The van der Waals surface area contributed by atoms with Crippen LogP contribution in [0, 0.1) is 10.8 Å². The van der Waals surface area contributed by atoms with Gasteiger partial charge in [-0.05, 0) is 54.9 Å². The van der Waals surface area contributed by atoms with Crippen LogP contribution in [0.2, 0.25) is 0 Å². The van der Waals surface area contributed by atoms with Crippen molar-refractivity contribution < 1.29 is 14.3 Å². The van der Waals surface area contributed by atoms with Gasteiger partial charge in [-0.15, -0.1) is 6.58 Å². The summed E-state index contributed by atoms with van der Waals surface area (Å²) in [6.07, 6.45) is 2.10. The lowest BCUT2D eigenvalue weighted by Gasteiger charge is -2.39. The third-order valence-electron chi connectivity index (χ3n) is 4.62. The first-order valence-electron chi connectivity index (χ1n) is 8.55. The summed E-state index contributed by atoms with van der Waals surface area (Å²) in [5, 5.41) is 3.07. The van der Waals surface area contributed by atoms with Crippen LogP contribution in [-0.2, 0) is 9.53 Å². The third-order valence-corrected chi connectivity index (χ3v) is 4.62. The van der Waals surface area contributed by atoms with Crippen LogP contribution in [0.3, 0.4) is 0 Å². The molecule has 2 atom stereocenters. The topological polar surface area (TPSA) is 58.6 Å². The Morgan fingerprint density at radius 1 is 1.17 bits per heavy atom. The second-order valence-electron chi connectivity index (χ2n) is 9.43. The molecular weight excluding hydrogens is 304 g/mol. The van der Waals surface area contributed by atoms with E-state index < -0.39 is 11.0 Å². The standard InChI is InChI=1S/C19H34N2O3/c1-10-11-18(8)12-21(15(23)24-17(5,6)7)13-19(18,9)14(22)20-16(2,3)4/h10H,1,11-13H2,2-9H3,(H,20,22)/t18-,19-/m0/s1. The summed E-state index contributed by atoms with van der Waals surface area (Å²) in [5.74, 6) is -0.0367. The molecule has 138 valence electrons. The van der Waals surface area contributed by atoms with E-state index in [2.05, 4.69) is 11.9 Å². The fraction of sp³-hybridized carbons (Fsp3) is 0.789. The van der Waals surface area contributed by atoms with Crippen LogP contribution in [0.25, 0.3) is 0 Å². The molecule has 0 bridgehead atoms. The largest absolute Gasteiger partial charge is 0.444 e. The molecule has 5 heteroatoms. The maximum atomic E-state index is 13.0. The van der Waals surface area contributed by atoms with Gasteiger partial charge in [0.1, 0.15) is 5.60 Å². The molecule has 0 saturated carbocycles. The van der Waals surface area contributed by atoms with Crippen LogP contribution >= 0.6 is 0 Å². The van der Waals surface area contributed by atoms with E-state index in [9.17, 15) is 9.59 Å². The van der Waals surface area contributed by atoms with Gasteiger partial charge in [0.25, 0.3) is 0 Å². The highest BCUT2D eigenvalue weighted by atomic mass is 16.6. The molecule has 0 unspecified atom stereocenters. The van der Waals surface area contributed by atoms with Gasteiger partial charge in [-0.3, -0.25) is 4.79 Å². The van der Waals surface area contributed by atoms with Gasteiger partial charge in [-0.2, -0.15) is 0 Å². The minimum Gasteiger partial charge on any atom is -0.444 e. The molecule has 0 spiro atoms.